The first-order valence-corrected chi connectivity index (χ1v) is 6.93. The number of rotatable bonds is 5. The van der Waals surface area contributed by atoms with Crippen molar-refractivity contribution in [1.29, 1.82) is 0 Å². The molecule has 0 aliphatic heterocycles. The van der Waals surface area contributed by atoms with Gasteiger partial charge in [0.05, 0.1) is 11.4 Å². The van der Waals surface area contributed by atoms with E-state index in [1.165, 1.54) is 18.2 Å². The van der Waals surface area contributed by atoms with E-state index in [0.29, 0.717) is 0 Å². The van der Waals surface area contributed by atoms with Crippen LogP contribution in [0.2, 0.25) is 0 Å². The summed E-state index contributed by atoms with van der Waals surface area (Å²) in [5, 5.41) is 0. The van der Waals surface area contributed by atoms with Gasteiger partial charge in [-0.2, -0.15) is 0 Å². The molecule has 0 fully saturated rings. The lowest BCUT2D eigenvalue weighted by Crippen LogP contribution is -2.22. The number of benzene rings is 1. The van der Waals surface area contributed by atoms with Gasteiger partial charge in [0.1, 0.15) is 5.82 Å². The summed E-state index contributed by atoms with van der Waals surface area (Å²) in [4.78, 5) is 0. The maximum atomic E-state index is 12.8. The third-order valence-corrected chi connectivity index (χ3v) is 3.95. The van der Waals surface area contributed by atoms with Crippen LogP contribution in [0.15, 0.2) is 24.3 Å². The molecule has 1 unspecified atom stereocenters. The molecule has 0 radical (unpaired) electrons. The van der Waals surface area contributed by atoms with Crippen LogP contribution in [0.5, 0.6) is 0 Å². The Bertz CT molecular complexity index is 450. The Morgan fingerprint density at radius 1 is 1.50 bits per heavy atom. The molecule has 1 N–H and O–H groups in total. The molecular formula is C10H13ClFNO2S. The van der Waals surface area contributed by atoms with E-state index in [2.05, 4.69) is 4.72 Å². The van der Waals surface area contributed by atoms with Crippen molar-refractivity contribution in [1.82, 2.24) is 0 Å². The minimum atomic E-state index is -3.46. The number of alkyl halides is 1. The Morgan fingerprint density at radius 2 is 2.19 bits per heavy atom. The van der Waals surface area contributed by atoms with Crippen molar-refractivity contribution in [3.05, 3.63) is 30.1 Å². The van der Waals surface area contributed by atoms with Crippen molar-refractivity contribution in [2.24, 2.45) is 5.92 Å². The molecule has 0 saturated heterocycles. The topological polar surface area (TPSA) is 46.2 Å². The third kappa shape index (κ3) is 4.37. The minimum absolute atomic E-state index is 0.0764. The lowest BCUT2D eigenvalue weighted by molar-refractivity contribution is 0.588. The van der Waals surface area contributed by atoms with Crippen LogP contribution in [0.3, 0.4) is 0 Å². The van der Waals surface area contributed by atoms with E-state index in [-0.39, 0.29) is 23.2 Å². The Hall–Kier alpha value is -0.810. The molecule has 0 heterocycles. The average Bonchev–Trinajstić information content (AvgIpc) is 2.15. The van der Waals surface area contributed by atoms with Crippen molar-refractivity contribution in [3.8, 4) is 0 Å². The minimum Gasteiger partial charge on any atom is -0.283 e. The van der Waals surface area contributed by atoms with Crippen LogP contribution < -0.4 is 4.72 Å². The van der Waals surface area contributed by atoms with Crippen molar-refractivity contribution in [2.75, 3.05) is 16.4 Å². The third-order valence-electron chi connectivity index (χ3n) is 1.87. The van der Waals surface area contributed by atoms with Gasteiger partial charge in [0, 0.05) is 5.88 Å². The molecular weight excluding hydrogens is 253 g/mol. The van der Waals surface area contributed by atoms with Crippen LogP contribution in [0.25, 0.3) is 0 Å². The Labute approximate surface area is 99.7 Å². The molecule has 90 valence electrons. The van der Waals surface area contributed by atoms with Crippen molar-refractivity contribution < 1.29 is 12.8 Å². The summed E-state index contributed by atoms with van der Waals surface area (Å²) in [7, 11) is -3.46. The summed E-state index contributed by atoms with van der Waals surface area (Å²) in [6.07, 6.45) is 0. The van der Waals surface area contributed by atoms with E-state index in [1.54, 1.807) is 6.92 Å². The first-order valence-electron chi connectivity index (χ1n) is 4.75. The normalized spacial score (nSPS) is 13.4. The smallest absolute Gasteiger partial charge is 0.233 e. The summed E-state index contributed by atoms with van der Waals surface area (Å²) in [5.41, 5.74) is 0.224. The van der Waals surface area contributed by atoms with E-state index in [4.69, 9.17) is 11.6 Å². The zero-order valence-electron chi connectivity index (χ0n) is 8.78. The van der Waals surface area contributed by atoms with Crippen LogP contribution in [0.4, 0.5) is 10.1 Å². The van der Waals surface area contributed by atoms with Crippen LogP contribution in [-0.4, -0.2) is 20.1 Å². The zero-order valence-corrected chi connectivity index (χ0v) is 10.4. The highest BCUT2D eigenvalue weighted by molar-refractivity contribution is 7.92. The second-order valence-electron chi connectivity index (χ2n) is 3.65. The quantitative estimate of drug-likeness (QED) is 0.832. The highest BCUT2D eigenvalue weighted by atomic mass is 35.5. The molecule has 0 aliphatic carbocycles. The number of nitrogens with one attached hydrogen (secondary N) is 1. The summed E-state index contributed by atoms with van der Waals surface area (Å²) in [6.45, 7) is 1.73. The molecule has 6 heteroatoms. The van der Waals surface area contributed by atoms with E-state index in [9.17, 15) is 12.8 Å². The van der Waals surface area contributed by atoms with E-state index in [0.717, 1.165) is 6.07 Å². The van der Waals surface area contributed by atoms with Crippen LogP contribution in [0, 0.1) is 11.7 Å². The maximum Gasteiger partial charge on any atom is 0.233 e. The van der Waals surface area contributed by atoms with E-state index in [1.807, 2.05) is 0 Å². The van der Waals surface area contributed by atoms with E-state index < -0.39 is 15.8 Å². The molecule has 0 saturated carbocycles. The largest absolute Gasteiger partial charge is 0.283 e. The number of halogens is 2. The molecule has 16 heavy (non-hydrogen) atoms. The highest BCUT2D eigenvalue weighted by Crippen LogP contribution is 2.13. The van der Waals surface area contributed by atoms with Gasteiger partial charge in [-0.3, -0.25) is 4.72 Å². The number of sulfonamides is 1. The zero-order chi connectivity index (χ0) is 12.2. The second kappa shape index (κ2) is 5.50. The summed E-state index contributed by atoms with van der Waals surface area (Å²) in [5.74, 6) is -0.435. The highest BCUT2D eigenvalue weighted by Gasteiger charge is 2.15. The Balaban J connectivity index is 2.73. The van der Waals surface area contributed by atoms with Crippen molar-refractivity contribution >= 4 is 27.3 Å². The number of hydrogen-bond acceptors (Lipinski definition) is 2. The van der Waals surface area contributed by atoms with Crippen molar-refractivity contribution in [3.63, 3.8) is 0 Å². The molecule has 0 bridgehead atoms. The molecule has 0 aliphatic rings. The fourth-order valence-corrected chi connectivity index (χ4v) is 2.87. The number of anilines is 1. The Kier molecular flexibility index (Phi) is 4.56. The second-order valence-corrected chi connectivity index (χ2v) is 5.73. The van der Waals surface area contributed by atoms with Crippen molar-refractivity contribution in [2.45, 2.75) is 6.92 Å². The predicted molar refractivity (Wildman–Crippen MR) is 63.7 cm³/mol. The summed E-state index contributed by atoms with van der Waals surface area (Å²) in [6, 6.07) is 5.31. The van der Waals surface area contributed by atoms with Gasteiger partial charge in [0.25, 0.3) is 0 Å². The van der Waals surface area contributed by atoms with Gasteiger partial charge < -0.3 is 0 Å². The predicted octanol–water partition coefficient (Wildman–Crippen LogP) is 2.44. The fraction of sp³-hybridized carbons (Fsp3) is 0.400. The first-order chi connectivity index (χ1) is 7.43. The molecule has 1 aromatic rings. The van der Waals surface area contributed by atoms with E-state index >= 15 is 0 Å². The molecule has 0 aromatic heterocycles. The van der Waals surface area contributed by atoms with Gasteiger partial charge in [-0.1, -0.05) is 13.0 Å². The maximum absolute atomic E-state index is 12.8. The van der Waals surface area contributed by atoms with Gasteiger partial charge >= 0.3 is 0 Å². The average molecular weight is 266 g/mol. The summed E-state index contributed by atoms with van der Waals surface area (Å²) >= 11 is 5.53. The van der Waals surface area contributed by atoms with Crippen LogP contribution in [0.1, 0.15) is 6.92 Å². The standard InChI is InChI=1S/C10H13ClFNO2S/c1-8(6-11)7-16(14,15)13-10-4-2-3-9(12)5-10/h2-5,8,13H,6-7H2,1H3. The van der Waals surface area contributed by atoms with Crippen LogP contribution >= 0.6 is 11.6 Å². The Morgan fingerprint density at radius 3 is 2.75 bits per heavy atom. The lowest BCUT2D eigenvalue weighted by atomic mass is 10.3. The molecule has 1 aromatic carbocycles. The fourth-order valence-electron chi connectivity index (χ4n) is 1.19. The molecule has 0 amide bonds. The molecule has 0 spiro atoms. The summed E-state index contributed by atoms with van der Waals surface area (Å²) < 4.78 is 38.3. The van der Waals surface area contributed by atoms with Crippen LogP contribution in [-0.2, 0) is 10.0 Å². The molecule has 1 atom stereocenters. The van der Waals surface area contributed by atoms with Gasteiger partial charge in [0.15, 0.2) is 0 Å². The monoisotopic (exact) mass is 265 g/mol. The lowest BCUT2D eigenvalue weighted by Gasteiger charge is -2.10. The molecule has 3 nitrogen and oxygen atoms in total. The van der Waals surface area contributed by atoms with Gasteiger partial charge in [-0.05, 0) is 24.1 Å². The number of hydrogen-bond donors (Lipinski definition) is 1. The first kappa shape index (κ1) is 13.3. The van der Waals surface area contributed by atoms with Gasteiger partial charge in [-0.15, -0.1) is 11.6 Å². The SMILES string of the molecule is CC(CCl)CS(=O)(=O)Nc1cccc(F)c1. The van der Waals surface area contributed by atoms with Gasteiger partial charge in [0.2, 0.25) is 10.0 Å². The van der Waals surface area contributed by atoms with Gasteiger partial charge in [-0.25, -0.2) is 12.8 Å². The molecule has 1 rings (SSSR count).